The summed E-state index contributed by atoms with van der Waals surface area (Å²) in [5, 5.41) is 0.953. The number of hydrogen-bond acceptors (Lipinski definition) is 4. The van der Waals surface area contributed by atoms with Crippen LogP contribution < -0.4 is 0 Å². The van der Waals surface area contributed by atoms with Crippen LogP contribution in [0.1, 0.15) is 233 Å². The third-order valence-electron chi connectivity index (χ3n) is 10.0. The molecule has 0 aromatic heterocycles. The summed E-state index contributed by atoms with van der Waals surface area (Å²) in [5.74, 6) is 0. The highest BCUT2D eigenvalue weighted by Gasteiger charge is 2.14. The molecule has 0 aromatic carbocycles. The van der Waals surface area contributed by atoms with Crippen molar-refractivity contribution in [3.8, 4) is 0 Å². The van der Waals surface area contributed by atoms with Crippen LogP contribution in [0.15, 0.2) is 0 Å². The number of hydrogen-bond donors (Lipinski definition) is 0. The monoisotopic (exact) mass is 759 g/mol. The molecule has 0 radical (unpaired) electrons. The Morgan fingerprint density at radius 3 is 0.694 bits per heavy atom. The quantitative estimate of drug-likeness (QED) is 0.0349. The highest BCUT2D eigenvalue weighted by atomic mass is 32.2. The van der Waals surface area contributed by atoms with Gasteiger partial charge in [-0.05, 0) is 25.7 Å². The average Bonchev–Trinajstić information content (AvgIpc) is 3.10. The molecule has 0 rings (SSSR count). The third-order valence-corrected chi connectivity index (χ3v) is 13.2. The van der Waals surface area contributed by atoms with Gasteiger partial charge in [0.2, 0.25) is 0 Å². The van der Waals surface area contributed by atoms with Gasteiger partial charge in [-0.1, -0.05) is 255 Å². The van der Waals surface area contributed by atoms with Crippen LogP contribution in [0.5, 0.6) is 0 Å². The Kier molecular flexibility index (Phi) is 41.6. The van der Waals surface area contributed by atoms with Crippen molar-refractivity contribution >= 4 is 56.6 Å². The summed E-state index contributed by atoms with van der Waals surface area (Å²) in [5.41, 5.74) is 0. The van der Waals surface area contributed by atoms with Crippen molar-refractivity contribution in [2.24, 2.45) is 0 Å². The molecule has 0 aliphatic rings. The zero-order valence-electron chi connectivity index (χ0n) is 33.7. The summed E-state index contributed by atoms with van der Waals surface area (Å²) in [6.45, 7) is 13.8. The van der Waals surface area contributed by atoms with E-state index in [4.69, 9.17) is 24.4 Å². The Hall–Kier alpha value is 0.480. The minimum absolute atomic E-state index is 0.953. The van der Waals surface area contributed by atoms with Crippen molar-refractivity contribution in [3.05, 3.63) is 0 Å². The first kappa shape index (κ1) is 49.5. The van der Waals surface area contributed by atoms with Crippen molar-refractivity contribution < 1.29 is 0 Å². The van der Waals surface area contributed by atoms with E-state index < -0.39 is 0 Å². The van der Waals surface area contributed by atoms with Crippen LogP contribution >= 0.6 is 48.0 Å². The maximum absolute atomic E-state index is 6.08. The first-order valence-electron chi connectivity index (χ1n) is 21.9. The van der Waals surface area contributed by atoms with Gasteiger partial charge in [-0.3, -0.25) is 0 Å². The van der Waals surface area contributed by atoms with Gasteiger partial charge in [0, 0.05) is 26.2 Å². The second-order valence-electron chi connectivity index (χ2n) is 14.8. The topological polar surface area (TPSA) is 6.48 Å². The maximum atomic E-state index is 6.08. The van der Waals surface area contributed by atoms with Crippen molar-refractivity contribution in [1.29, 1.82) is 0 Å². The fourth-order valence-electron chi connectivity index (χ4n) is 6.65. The number of unbranched alkanes of at least 4 members (excludes halogenated alkanes) is 28. The van der Waals surface area contributed by atoms with Crippen molar-refractivity contribution in [1.82, 2.24) is 9.80 Å². The van der Waals surface area contributed by atoms with Gasteiger partial charge in [0.05, 0.1) is 5.08 Å². The lowest BCUT2D eigenvalue weighted by molar-refractivity contribution is 0.394. The molecule has 0 N–H and O–H groups in total. The summed E-state index contributed by atoms with van der Waals surface area (Å²) >= 11 is 15.9. The molecule has 0 spiro atoms. The van der Waals surface area contributed by atoms with Gasteiger partial charge < -0.3 is 9.80 Å². The number of thiocarbonyl (C=S) groups is 2. The third kappa shape index (κ3) is 35.3. The lowest BCUT2D eigenvalue weighted by Gasteiger charge is -2.27. The molecule has 0 bridgehead atoms. The fourth-order valence-corrected chi connectivity index (χ4v) is 9.65. The predicted molar refractivity (Wildman–Crippen MR) is 239 cm³/mol. The number of thioether (sulfide) groups is 2. The van der Waals surface area contributed by atoms with E-state index in [1.165, 1.54) is 205 Å². The zero-order chi connectivity index (χ0) is 35.9. The second-order valence-corrected chi connectivity index (χ2v) is 18.4. The molecular formula is C43H86N2S4. The van der Waals surface area contributed by atoms with Crippen LogP contribution in [0.3, 0.4) is 0 Å². The molecule has 0 aliphatic carbocycles. The van der Waals surface area contributed by atoms with Gasteiger partial charge in [-0.25, -0.2) is 0 Å². The molecular weight excluding hydrogens is 673 g/mol. The van der Waals surface area contributed by atoms with Crippen molar-refractivity contribution in [3.63, 3.8) is 0 Å². The molecule has 2 nitrogen and oxygen atoms in total. The summed E-state index contributed by atoms with van der Waals surface area (Å²) in [7, 11) is 0. The lowest BCUT2D eigenvalue weighted by atomic mass is 10.1. The molecule has 0 aliphatic heterocycles. The van der Waals surface area contributed by atoms with E-state index in [-0.39, 0.29) is 0 Å². The van der Waals surface area contributed by atoms with E-state index in [1.54, 1.807) is 0 Å². The standard InChI is InChI=1S/C43H86N2S4/c1-5-9-13-17-21-25-29-33-37-44(38-34-30-26-22-18-14-10-6-2)42(46)48-41-49-43(47)45(39-35-31-27-23-19-15-11-7-3)40-36-32-28-24-20-16-12-8-4/h5-41H2,1-4H3. The average molecular weight is 759 g/mol. The van der Waals surface area contributed by atoms with Crippen molar-refractivity contribution in [2.75, 3.05) is 31.3 Å². The number of rotatable bonds is 38. The van der Waals surface area contributed by atoms with Gasteiger partial charge >= 0.3 is 0 Å². The molecule has 0 aromatic rings. The van der Waals surface area contributed by atoms with Crippen LogP contribution in [0, 0.1) is 0 Å². The maximum Gasteiger partial charge on any atom is 0.137 e. The van der Waals surface area contributed by atoms with E-state index in [2.05, 4.69) is 37.5 Å². The van der Waals surface area contributed by atoms with E-state index in [0.717, 1.165) is 39.9 Å². The second kappa shape index (κ2) is 41.2. The van der Waals surface area contributed by atoms with Crippen LogP contribution in [0.2, 0.25) is 0 Å². The van der Waals surface area contributed by atoms with Crippen molar-refractivity contribution in [2.45, 2.75) is 233 Å². The highest BCUT2D eigenvalue weighted by Crippen LogP contribution is 2.23. The smallest absolute Gasteiger partial charge is 0.137 e. The first-order chi connectivity index (χ1) is 24.1. The zero-order valence-corrected chi connectivity index (χ0v) is 37.0. The van der Waals surface area contributed by atoms with E-state index in [0.29, 0.717) is 0 Å². The summed E-state index contributed by atoms with van der Waals surface area (Å²) in [6, 6.07) is 0. The molecule has 0 fully saturated rings. The van der Waals surface area contributed by atoms with Gasteiger partial charge in [0.15, 0.2) is 0 Å². The molecule has 49 heavy (non-hydrogen) atoms. The van der Waals surface area contributed by atoms with Gasteiger partial charge in [-0.2, -0.15) is 0 Å². The Bertz CT molecular complexity index is 593. The van der Waals surface area contributed by atoms with Crippen LogP contribution in [0.4, 0.5) is 0 Å². The Labute approximate surface area is 329 Å². The van der Waals surface area contributed by atoms with E-state index in [1.807, 2.05) is 23.5 Å². The molecule has 0 atom stereocenters. The Balaban J connectivity index is 4.75. The first-order valence-corrected chi connectivity index (χ1v) is 24.7. The summed E-state index contributed by atoms with van der Waals surface area (Å²) < 4.78 is 2.22. The Morgan fingerprint density at radius 1 is 0.306 bits per heavy atom. The van der Waals surface area contributed by atoms with Crippen LogP contribution in [0.25, 0.3) is 0 Å². The fraction of sp³-hybridized carbons (Fsp3) is 0.953. The molecule has 0 heterocycles. The minimum Gasteiger partial charge on any atom is -0.358 e. The molecule has 0 saturated carbocycles. The van der Waals surface area contributed by atoms with Gasteiger partial charge in [0.25, 0.3) is 0 Å². The summed E-state index contributed by atoms with van der Waals surface area (Å²) in [4.78, 5) is 5.10. The largest absolute Gasteiger partial charge is 0.358 e. The number of nitrogens with zero attached hydrogens (tertiary/aromatic N) is 2. The molecule has 0 unspecified atom stereocenters. The normalized spacial score (nSPS) is 11.3. The SMILES string of the molecule is CCCCCCCCCCN(CCCCCCCCCC)C(=S)SCSC(=S)N(CCCCCCCCCC)CCCCCCCCCC. The highest BCUT2D eigenvalue weighted by molar-refractivity contribution is 8.35. The van der Waals surface area contributed by atoms with Crippen LogP contribution in [-0.4, -0.2) is 49.7 Å². The Morgan fingerprint density at radius 2 is 0.490 bits per heavy atom. The molecule has 6 heteroatoms. The van der Waals surface area contributed by atoms with Gasteiger partial charge in [0.1, 0.15) is 8.64 Å². The minimum atomic E-state index is 0.953. The lowest BCUT2D eigenvalue weighted by Crippen LogP contribution is -2.31. The van der Waals surface area contributed by atoms with E-state index in [9.17, 15) is 0 Å². The molecule has 292 valence electrons. The van der Waals surface area contributed by atoms with Gasteiger partial charge in [-0.15, -0.1) is 0 Å². The van der Waals surface area contributed by atoms with E-state index >= 15 is 0 Å². The molecule has 0 amide bonds. The van der Waals surface area contributed by atoms with Crippen LogP contribution in [-0.2, 0) is 0 Å². The predicted octanol–water partition coefficient (Wildman–Crippen LogP) is 16.1. The summed E-state index contributed by atoms with van der Waals surface area (Å²) in [6.07, 6.45) is 43.9. The molecule has 0 saturated heterocycles.